The molecule has 0 aromatic heterocycles. The third kappa shape index (κ3) is 6.00. The highest BCUT2D eigenvalue weighted by Crippen LogP contribution is 2.24. The molecule has 0 atom stereocenters. The molecular weight excluding hydrogens is 314 g/mol. The molecule has 3 N–H and O–H groups in total. The zero-order valence-corrected chi connectivity index (χ0v) is 12.6. The number of hydrogen-bond acceptors (Lipinski definition) is 4. The quantitative estimate of drug-likeness (QED) is 0.832. The fourth-order valence-electron chi connectivity index (χ4n) is 1.22. The molecule has 116 valence electrons. The van der Waals surface area contributed by atoms with Crippen molar-refractivity contribution in [1.29, 1.82) is 0 Å². The van der Waals surface area contributed by atoms with Gasteiger partial charge in [-0.05, 0) is 26.0 Å². The Hall–Kier alpha value is -0.960. The van der Waals surface area contributed by atoms with Crippen molar-refractivity contribution in [2.24, 2.45) is 5.73 Å². The summed E-state index contributed by atoms with van der Waals surface area (Å²) in [6.07, 6.45) is 0. The van der Waals surface area contributed by atoms with E-state index in [1.807, 2.05) is 0 Å². The lowest BCUT2D eigenvalue weighted by Gasteiger charge is -2.19. The zero-order chi connectivity index (χ0) is 14.7. The van der Waals surface area contributed by atoms with Gasteiger partial charge in [-0.25, -0.2) is 13.1 Å². The number of benzene rings is 1. The second kappa shape index (κ2) is 7.16. The molecule has 0 fully saturated rings. The molecule has 0 bridgehead atoms. The normalized spacial score (nSPS) is 12.1. The van der Waals surface area contributed by atoms with Crippen LogP contribution in [0.25, 0.3) is 0 Å². The van der Waals surface area contributed by atoms with Crippen molar-refractivity contribution in [1.82, 2.24) is 4.72 Å². The lowest BCUT2D eigenvalue weighted by Crippen LogP contribution is -2.45. The van der Waals surface area contributed by atoms with Gasteiger partial charge >= 0.3 is 6.61 Å². The number of ether oxygens (including phenoxy) is 1. The summed E-state index contributed by atoms with van der Waals surface area (Å²) < 4.78 is 54.8. The van der Waals surface area contributed by atoms with Gasteiger partial charge in [-0.1, -0.05) is 12.1 Å². The van der Waals surface area contributed by atoms with Crippen LogP contribution in [0.3, 0.4) is 0 Å². The molecule has 0 aliphatic carbocycles. The Morgan fingerprint density at radius 1 is 1.35 bits per heavy atom. The van der Waals surface area contributed by atoms with E-state index in [4.69, 9.17) is 5.73 Å². The van der Waals surface area contributed by atoms with E-state index in [0.29, 0.717) is 0 Å². The third-order valence-corrected chi connectivity index (χ3v) is 3.51. The number of nitrogens with two attached hydrogens (primary N) is 1. The molecule has 0 aliphatic rings. The predicted octanol–water partition coefficient (Wildman–Crippen LogP) is 1.73. The molecule has 0 heterocycles. The summed E-state index contributed by atoms with van der Waals surface area (Å²) in [7, 11) is -3.96. The predicted molar refractivity (Wildman–Crippen MR) is 73.8 cm³/mol. The minimum absolute atomic E-state index is 0. The fourth-order valence-corrected chi connectivity index (χ4v) is 2.58. The largest absolute Gasteiger partial charge is 0.433 e. The summed E-state index contributed by atoms with van der Waals surface area (Å²) in [5.41, 5.74) is 4.90. The van der Waals surface area contributed by atoms with Crippen LogP contribution in [-0.4, -0.2) is 27.1 Å². The van der Waals surface area contributed by atoms with Crippen molar-refractivity contribution in [3.05, 3.63) is 24.3 Å². The van der Waals surface area contributed by atoms with Crippen LogP contribution in [0.5, 0.6) is 5.75 Å². The first-order chi connectivity index (χ1) is 8.62. The minimum Gasteiger partial charge on any atom is -0.433 e. The van der Waals surface area contributed by atoms with Crippen LogP contribution in [0.1, 0.15) is 13.8 Å². The number of rotatable bonds is 6. The smallest absolute Gasteiger partial charge is 0.387 e. The fraction of sp³-hybridized carbons (Fsp3) is 0.455. The van der Waals surface area contributed by atoms with Gasteiger partial charge in [0.1, 0.15) is 10.6 Å². The van der Waals surface area contributed by atoms with E-state index >= 15 is 0 Å². The minimum atomic E-state index is -3.96. The van der Waals surface area contributed by atoms with Crippen LogP contribution < -0.4 is 15.2 Å². The average molecular weight is 331 g/mol. The molecule has 9 heteroatoms. The van der Waals surface area contributed by atoms with Gasteiger partial charge in [0.05, 0.1) is 0 Å². The van der Waals surface area contributed by atoms with Gasteiger partial charge in [-0.2, -0.15) is 8.78 Å². The van der Waals surface area contributed by atoms with Gasteiger partial charge in [0.2, 0.25) is 10.0 Å². The summed E-state index contributed by atoms with van der Waals surface area (Å²) in [6, 6.07) is 5.17. The number of sulfonamides is 1. The first-order valence-electron chi connectivity index (χ1n) is 5.44. The molecule has 0 saturated heterocycles. The molecule has 0 saturated carbocycles. The van der Waals surface area contributed by atoms with Gasteiger partial charge in [0.25, 0.3) is 0 Å². The van der Waals surface area contributed by atoms with Crippen molar-refractivity contribution in [3.8, 4) is 5.75 Å². The summed E-state index contributed by atoms with van der Waals surface area (Å²) in [5.74, 6) is -0.403. The monoisotopic (exact) mass is 330 g/mol. The number of halogens is 3. The summed E-state index contributed by atoms with van der Waals surface area (Å²) in [4.78, 5) is -0.348. The Labute approximate surface area is 123 Å². The van der Waals surface area contributed by atoms with Crippen molar-refractivity contribution >= 4 is 22.4 Å². The molecule has 0 amide bonds. The molecular formula is C11H17ClF2N2O3S. The second-order valence-corrected chi connectivity index (χ2v) is 6.37. The Morgan fingerprint density at radius 3 is 2.40 bits per heavy atom. The van der Waals surface area contributed by atoms with Gasteiger partial charge < -0.3 is 10.5 Å². The highest BCUT2D eigenvalue weighted by molar-refractivity contribution is 7.89. The molecule has 0 radical (unpaired) electrons. The highest BCUT2D eigenvalue weighted by atomic mass is 35.5. The molecule has 1 rings (SSSR count). The van der Waals surface area contributed by atoms with E-state index in [2.05, 4.69) is 9.46 Å². The SMILES string of the molecule is CC(C)(N)CNS(=O)(=O)c1ccccc1OC(F)F.Cl. The Morgan fingerprint density at radius 2 is 1.90 bits per heavy atom. The Balaban J connectivity index is 0.00000361. The summed E-state index contributed by atoms with van der Waals surface area (Å²) in [6.45, 7) is 0.147. The van der Waals surface area contributed by atoms with Crippen LogP contribution in [0.2, 0.25) is 0 Å². The van der Waals surface area contributed by atoms with Crippen LogP contribution in [0.15, 0.2) is 29.2 Å². The van der Waals surface area contributed by atoms with E-state index in [1.54, 1.807) is 13.8 Å². The van der Waals surface area contributed by atoms with Gasteiger partial charge in [-0.15, -0.1) is 12.4 Å². The standard InChI is InChI=1S/C11H16F2N2O3S.ClH/c1-11(2,14)7-15-19(16,17)9-6-4-3-5-8(9)18-10(12)13;/h3-6,10,15H,7,14H2,1-2H3;1H. The van der Waals surface area contributed by atoms with E-state index in [0.717, 1.165) is 6.07 Å². The van der Waals surface area contributed by atoms with Crippen LogP contribution in [0, 0.1) is 0 Å². The molecule has 0 unspecified atom stereocenters. The van der Waals surface area contributed by atoms with Gasteiger partial charge in [0.15, 0.2) is 0 Å². The van der Waals surface area contributed by atoms with E-state index in [9.17, 15) is 17.2 Å². The molecule has 20 heavy (non-hydrogen) atoms. The average Bonchev–Trinajstić information content (AvgIpc) is 2.25. The molecule has 1 aromatic carbocycles. The van der Waals surface area contributed by atoms with Crippen molar-refractivity contribution in [3.63, 3.8) is 0 Å². The second-order valence-electron chi connectivity index (χ2n) is 4.64. The first kappa shape index (κ1) is 19.0. The maximum absolute atomic E-state index is 12.2. The molecule has 0 spiro atoms. The van der Waals surface area contributed by atoms with Crippen molar-refractivity contribution in [2.45, 2.75) is 30.9 Å². The van der Waals surface area contributed by atoms with Crippen LogP contribution >= 0.6 is 12.4 Å². The molecule has 1 aromatic rings. The number of nitrogens with one attached hydrogen (secondary N) is 1. The number of hydrogen-bond donors (Lipinski definition) is 2. The highest BCUT2D eigenvalue weighted by Gasteiger charge is 2.23. The number of alkyl halides is 2. The summed E-state index contributed by atoms with van der Waals surface area (Å²) in [5, 5.41) is 0. The third-order valence-electron chi connectivity index (χ3n) is 2.07. The van der Waals surface area contributed by atoms with E-state index in [-0.39, 0.29) is 23.8 Å². The van der Waals surface area contributed by atoms with Crippen molar-refractivity contribution in [2.75, 3.05) is 6.54 Å². The van der Waals surface area contributed by atoms with Gasteiger partial charge in [-0.3, -0.25) is 0 Å². The lowest BCUT2D eigenvalue weighted by molar-refractivity contribution is -0.0517. The molecule has 0 aliphatic heterocycles. The Kier molecular flexibility index (Phi) is 6.82. The molecule has 5 nitrogen and oxygen atoms in total. The first-order valence-corrected chi connectivity index (χ1v) is 6.92. The zero-order valence-electron chi connectivity index (χ0n) is 11.0. The summed E-state index contributed by atoms with van der Waals surface area (Å²) >= 11 is 0. The maximum atomic E-state index is 12.2. The van der Waals surface area contributed by atoms with Crippen molar-refractivity contribution < 1.29 is 21.9 Å². The Bertz CT molecular complexity index is 533. The maximum Gasteiger partial charge on any atom is 0.387 e. The number of para-hydroxylation sites is 1. The van der Waals surface area contributed by atoms with Crippen LogP contribution in [0.4, 0.5) is 8.78 Å². The van der Waals surface area contributed by atoms with E-state index < -0.39 is 27.9 Å². The van der Waals surface area contributed by atoms with Gasteiger partial charge in [0, 0.05) is 12.1 Å². The van der Waals surface area contributed by atoms with E-state index in [1.165, 1.54) is 18.2 Å². The van der Waals surface area contributed by atoms with Crippen LogP contribution in [-0.2, 0) is 10.0 Å². The topological polar surface area (TPSA) is 81.4 Å². The lowest BCUT2D eigenvalue weighted by atomic mass is 10.1.